The van der Waals surface area contributed by atoms with Crippen LogP contribution in [0.4, 0.5) is 4.39 Å². The summed E-state index contributed by atoms with van der Waals surface area (Å²) in [5.74, 6) is -1.45. The van der Waals surface area contributed by atoms with E-state index >= 15 is 0 Å². The van der Waals surface area contributed by atoms with Crippen LogP contribution in [-0.4, -0.2) is 41.0 Å². The van der Waals surface area contributed by atoms with Crippen LogP contribution < -0.4 is 5.76 Å². The number of ether oxygens (including phenoxy) is 1. The molecule has 8 heteroatoms. The average molecular weight is 426 g/mol. The number of piperidine rings is 1. The molecule has 1 saturated heterocycles. The summed E-state index contributed by atoms with van der Waals surface area (Å²) in [6.07, 6.45) is 1.13. The lowest BCUT2D eigenvalue weighted by molar-refractivity contribution is -0.149. The summed E-state index contributed by atoms with van der Waals surface area (Å²) in [6.45, 7) is 3.26. The number of rotatable bonds is 5. The van der Waals surface area contributed by atoms with E-state index in [1.165, 1.54) is 16.7 Å². The van der Waals surface area contributed by atoms with Crippen molar-refractivity contribution in [3.05, 3.63) is 70.0 Å². The Balaban J connectivity index is 1.53. The number of carbonyl (C=O) groups is 2. The molecule has 0 aliphatic carbocycles. The molecule has 0 saturated carbocycles. The van der Waals surface area contributed by atoms with Gasteiger partial charge in [-0.1, -0.05) is 12.1 Å². The highest BCUT2D eigenvalue weighted by Crippen LogP contribution is 2.22. The number of nitrogens with zero attached hydrogens (tertiary/aromatic N) is 2. The second-order valence-corrected chi connectivity index (χ2v) is 7.58. The van der Waals surface area contributed by atoms with Gasteiger partial charge in [0.1, 0.15) is 5.82 Å². The van der Waals surface area contributed by atoms with Gasteiger partial charge in [-0.05, 0) is 55.7 Å². The zero-order chi connectivity index (χ0) is 22.0. The number of oxazole rings is 1. The van der Waals surface area contributed by atoms with Gasteiger partial charge in [0.2, 0.25) is 0 Å². The molecular weight excluding hydrogens is 403 g/mol. The number of carbonyl (C=O) groups excluding carboxylic acids is 2. The number of hydrogen-bond acceptors (Lipinski definition) is 5. The number of esters is 1. The molecule has 2 heterocycles. The standard InChI is InChI=1S/C23H23FN2O5/c1-2-30-22(28)16-9-11-25(12-10-16)21(27)17-5-8-20-19(13-17)26(23(29)31-20)14-15-3-6-18(24)7-4-15/h3-8,13,16H,2,9-12,14H2,1H3. The zero-order valence-corrected chi connectivity index (χ0v) is 17.2. The number of aromatic nitrogens is 1. The maximum Gasteiger partial charge on any atom is 0.420 e. The Morgan fingerprint density at radius 1 is 1.13 bits per heavy atom. The van der Waals surface area contributed by atoms with Gasteiger partial charge in [0, 0.05) is 18.7 Å². The Kier molecular flexibility index (Phi) is 5.88. The summed E-state index contributed by atoms with van der Waals surface area (Å²) in [5, 5.41) is 0. The van der Waals surface area contributed by atoms with Crippen molar-refractivity contribution in [3.8, 4) is 0 Å². The Morgan fingerprint density at radius 3 is 2.52 bits per heavy atom. The third kappa shape index (κ3) is 4.38. The Morgan fingerprint density at radius 2 is 1.84 bits per heavy atom. The average Bonchev–Trinajstić information content (AvgIpc) is 3.09. The van der Waals surface area contributed by atoms with Crippen molar-refractivity contribution in [1.82, 2.24) is 9.47 Å². The van der Waals surface area contributed by atoms with Crippen molar-refractivity contribution >= 4 is 23.0 Å². The second-order valence-electron chi connectivity index (χ2n) is 7.58. The normalized spacial score (nSPS) is 14.7. The molecule has 1 aromatic heterocycles. The summed E-state index contributed by atoms with van der Waals surface area (Å²) in [7, 11) is 0. The first-order valence-corrected chi connectivity index (χ1v) is 10.3. The van der Waals surface area contributed by atoms with Crippen LogP contribution in [0, 0.1) is 11.7 Å². The number of likely N-dealkylation sites (tertiary alicyclic amines) is 1. The zero-order valence-electron chi connectivity index (χ0n) is 17.2. The highest BCUT2D eigenvalue weighted by molar-refractivity contribution is 5.97. The molecule has 7 nitrogen and oxygen atoms in total. The molecule has 0 radical (unpaired) electrons. The topological polar surface area (TPSA) is 81.8 Å². The molecule has 0 atom stereocenters. The first-order chi connectivity index (χ1) is 15.0. The first-order valence-electron chi connectivity index (χ1n) is 10.3. The van der Waals surface area contributed by atoms with Crippen molar-refractivity contribution in [2.45, 2.75) is 26.3 Å². The number of amides is 1. The van der Waals surface area contributed by atoms with Crippen LogP contribution in [-0.2, 0) is 16.1 Å². The fourth-order valence-electron chi connectivity index (χ4n) is 3.88. The van der Waals surface area contributed by atoms with Gasteiger partial charge in [0.25, 0.3) is 5.91 Å². The summed E-state index contributed by atoms with van der Waals surface area (Å²) in [4.78, 5) is 39.0. The van der Waals surface area contributed by atoms with Crippen LogP contribution in [0.2, 0.25) is 0 Å². The lowest BCUT2D eigenvalue weighted by atomic mass is 9.96. The van der Waals surface area contributed by atoms with Crippen LogP contribution in [0.3, 0.4) is 0 Å². The molecule has 31 heavy (non-hydrogen) atoms. The second kappa shape index (κ2) is 8.75. The van der Waals surface area contributed by atoms with Gasteiger partial charge in [0.15, 0.2) is 5.58 Å². The molecule has 2 aromatic carbocycles. The Bertz CT molecular complexity index is 1160. The first kappa shape index (κ1) is 20.8. The van der Waals surface area contributed by atoms with E-state index in [9.17, 15) is 18.8 Å². The van der Waals surface area contributed by atoms with E-state index in [2.05, 4.69) is 0 Å². The minimum absolute atomic E-state index is 0.161. The van der Waals surface area contributed by atoms with Gasteiger partial charge in [0.05, 0.1) is 24.6 Å². The molecule has 0 N–H and O–H groups in total. The van der Waals surface area contributed by atoms with Crippen molar-refractivity contribution < 1.29 is 23.1 Å². The Labute approximate surface area is 178 Å². The minimum Gasteiger partial charge on any atom is -0.466 e. The molecule has 1 aliphatic heterocycles. The number of fused-ring (bicyclic) bond motifs is 1. The quantitative estimate of drug-likeness (QED) is 0.586. The fourth-order valence-corrected chi connectivity index (χ4v) is 3.88. The van der Waals surface area contributed by atoms with Gasteiger partial charge in [-0.2, -0.15) is 0 Å². The number of benzene rings is 2. The molecule has 0 unspecified atom stereocenters. The summed E-state index contributed by atoms with van der Waals surface area (Å²) >= 11 is 0. The third-order valence-electron chi connectivity index (χ3n) is 5.57. The Hall–Kier alpha value is -3.42. The van der Waals surface area contributed by atoms with Crippen molar-refractivity contribution in [3.63, 3.8) is 0 Å². The molecule has 4 rings (SSSR count). The number of halogens is 1. The number of hydrogen-bond donors (Lipinski definition) is 0. The SMILES string of the molecule is CCOC(=O)C1CCN(C(=O)c2ccc3oc(=O)n(Cc4ccc(F)cc4)c3c2)CC1. The minimum atomic E-state index is -0.542. The molecule has 1 fully saturated rings. The smallest absolute Gasteiger partial charge is 0.420 e. The van der Waals surface area contributed by atoms with E-state index in [0.29, 0.717) is 49.2 Å². The van der Waals surface area contributed by atoms with Crippen LogP contribution >= 0.6 is 0 Å². The van der Waals surface area contributed by atoms with E-state index in [4.69, 9.17) is 9.15 Å². The molecular formula is C23H23FN2O5. The van der Waals surface area contributed by atoms with Crippen LogP contribution in [0.15, 0.2) is 51.7 Å². The molecule has 0 bridgehead atoms. The molecule has 0 spiro atoms. The van der Waals surface area contributed by atoms with Gasteiger partial charge in [-0.3, -0.25) is 14.2 Å². The molecule has 1 aliphatic rings. The van der Waals surface area contributed by atoms with Crippen LogP contribution in [0.1, 0.15) is 35.7 Å². The lowest BCUT2D eigenvalue weighted by Crippen LogP contribution is -2.40. The summed E-state index contributed by atoms with van der Waals surface area (Å²) in [6, 6.07) is 10.7. The predicted molar refractivity (Wildman–Crippen MR) is 111 cm³/mol. The summed E-state index contributed by atoms with van der Waals surface area (Å²) < 4.78 is 25.0. The largest absolute Gasteiger partial charge is 0.466 e. The van der Waals surface area contributed by atoms with Gasteiger partial charge >= 0.3 is 11.7 Å². The summed E-state index contributed by atoms with van der Waals surface area (Å²) in [5.41, 5.74) is 2.06. The highest BCUT2D eigenvalue weighted by atomic mass is 19.1. The van der Waals surface area contributed by atoms with Crippen molar-refractivity contribution in [1.29, 1.82) is 0 Å². The van der Waals surface area contributed by atoms with E-state index in [1.807, 2.05) is 0 Å². The van der Waals surface area contributed by atoms with Gasteiger partial charge in [-0.15, -0.1) is 0 Å². The maximum atomic E-state index is 13.2. The third-order valence-corrected chi connectivity index (χ3v) is 5.57. The van der Waals surface area contributed by atoms with Gasteiger partial charge < -0.3 is 14.1 Å². The van der Waals surface area contributed by atoms with E-state index in [1.54, 1.807) is 42.2 Å². The maximum absolute atomic E-state index is 13.2. The fraction of sp³-hybridized carbons (Fsp3) is 0.348. The monoisotopic (exact) mass is 426 g/mol. The van der Waals surface area contributed by atoms with Crippen LogP contribution in [0.5, 0.6) is 0 Å². The van der Waals surface area contributed by atoms with Crippen molar-refractivity contribution in [2.75, 3.05) is 19.7 Å². The van der Waals surface area contributed by atoms with Gasteiger partial charge in [-0.25, -0.2) is 9.18 Å². The lowest BCUT2D eigenvalue weighted by Gasteiger charge is -2.31. The van der Waals surface area contributed by atoms with Crippen LogP contribution in [0.25, 0.3) is 11.1 Å². The van der Waals surface area contributed by atoms with E-state index < -0.39 is 5.76 Å². The molecule has 3 aromatic rings. The van der Waals surface area contributed by atoms with E-state index in [0.717, 1.165) is 5.56 Å². The highest BCUT2D eigenvalue weighted by Gasteiger charge is 2.29. The molecule has 1 amide bonds. The van der Waals surface area contributed by atoms with Crippen molar-refractivity contribution in [2.24, 2.45) is 5.92 Å². The van der Waals surface area contributed by atoms with E-state index in [-0.39, 0.29) is 30.2 Å². The predicted octanol–water partition coefficient (Wildman–Crippen LogP) is 3.20. The molecule has 162 valence electrons.